The van der Waals surface area contributed by atoms with Crippen molar-refractivity contribution < 1.29 is 9.53 Å². The number of carbonyl (C=O) groups excluding carboxylic acids is 1. The summed E-state index contributed by atoms with van der Waals surface area (Å²) in [6.45, 7) is 4.49. The summed E-state index contributed by atoms with van der Waals surface area (Å²) >= 11 is 3.35. The van der Waals surface area contributed by atoms with Gasteiger partial charge < -0.3 is 9.64 Å². The van der Waals surface area contributed by atoms with Gasteiger partial charge in [-0.2, -0.15) is 0 Å². The van der Waals surface area contributed by atoms with Crippen molar-refractivity contribution in [3.63, 3.8) is 0 Å². The van der Waals surface area contributed by atoms with Crippen LogP contribution in [0.25, 0.3) is 0 Å². The fraction of sp³-hybridized carbons (Fsp3) is 0.200. The van der Waals surface area contributed by atoms with Crippen LogP contribution in [0.2, 0.25) is 0 Å². The van der Waals surface area contributed by atoms with Gasteiger partial charge in [0.2, 0.25) is 0 Å². The molecule has 6 heteroatoms. The number of thioether (sulfide) groups is 1. The lowest BCUT2D eigenvalue weighted by Gasteiger charge is -2.37. The molecule has 1 fully saturated rings. The van der Waals surface area contributed by atoms with E-state index < -0.39 is 4.75 Å². The number of carbonyl (C=O) groups is 1. The minimum atomic E-state index is -0.460. The van der Waals surface area contributed by atoms with Crippen LogP contribution in [0.4, 0.5) is 4.79 Å². The normalized spacial score (nSPS) is 17.0. The Morgan fingerprint density at radius 3 is 1.93 bits per heavy atom. The molecule has 0 bridgehead atoms. The molecule has 1 aliphatic heterocycles. The highest BCUT2D eigenvalue weighted by molar-refractivity contribution is 8.01. The zero-order valence-corrected chi connectivity index (χ0v) is 24.8. The largest absolute Gasteiger partial charge is 0.445 e. The molecule has 0 spiro atoms. The van der Waals surface area contributed by atoms with E-state index in [1.165, 1.54) is 28.6 Å². The third kappa shape index (κ3) is 6.45. The van der Waals surface area contributed by atoms with Crippen LogP contribution in [-0.2, 0) is 9.48 Å². The van der Waals surface area contributed by atoms with Gasteiger partial charge in [-0.15, -0.1) is 11.8 Å². The van der Waals surface area contributed by atoms with E-state index in [-0.39, 0.29) is 24.0 Å². The lowest BCUT2D eigenvalue weighted by Crippen LogP contribution is -2.33. The smallest absolute Gasteiger partial charge is 0.410 e. The predicted octanol–water partition coefficient (Wildman–Crippen LogP) is 8.55. The number of hydrogen-bond acceptors (Lipinski definition) is 5. The molecule has 1 heterocycles. The first-order valence-electron chi connectivity index (χ1n) is 13.7. The molecule has 4 nitrogen and oxygen atoms in total. The number of nitrogens with zero attached hydrogens (tertiary/aromatic N) is 2. The molecule has 4 aromatic rings. The quantitative estimate of drug-likeness (QED) is 0.0818. The molecule has 0 saturated carbocycles. The van der Waals surface area contributed by atoms with E-state index in [0.29, 0.717) is 6.54 Å². The van der Waals surface area contributed by atoms with Crippen LogP contribution in [0.1, 0.15) is 40.3 Å². The number of rotatable bonds is 10. The van der Waals surface area contributed by atoms with Crippen molar-refractivity contribution >= 4 is 36.0 Å². The van der Waals surface area contributed by atoms with Crippen molar-refractivity contribution in [2.45, 2.75) is 22.5 Å². The topological polar surface area (TPSA) is 41.9 Å². The summed E-state index contributed by atoms with van der Waals surface area (Å²) in [5.41, 5.74) is 5.76. The molecule has 208 valence electrons. The van der Waals surface area contributed by atoms with Crippen LogP contribution in [-0.4, -0.2) is 41.9 Å². The first-order chi connectivity index (χ1) is 20.2. The van der Waals surface area contributed by atoms with Crippen molar-refractivity contribution in [3.05, 3.63) is 156 Å². The summed E-state index contributed by atoms with van der Waals surface area (Å²) in [6.07, 6.45) is 5.90. The van der Waals surface area contributed by atoms with Crippen LogP contribution in [0.3, 0.4) is 0 Å². The molecule has 2 atom stereocenters. The molecule has 0 unspecified atom stereocenters. The zero-order valence-electron chi connectivity index (χ0n) is 23.1. The minimum absolute atomic E-state index is 0.101. The standard InChI is InChI=1S/C35H34N2O2S2/c1-3-23-39-34(38)37-26-32(24-33(37)28-21-19-27(20-22-28)25-36-40-2)41-35(29-13-7-4-8-14-29,30-15-9-5-10-16-30)31-17-11-6-12-18-31/h3-22,25,32-33H,1,23-24,26H2,2H3/t32-,33+/m0/s1. The highest BCUT2D eigenvalue weighted by Crippen LogP contribution is 2.53. The summed E-state index contributed by atoms with van der Waals surface area (Å²) in [7, 11) is 0. The average molecular weight is 579 g/mol. The zero-order chi connectivity index (χ0) is 28.5. The number of amides is 1. The molecule has 41 heavy (non-hydrogen) atoms. The van der Waals surface area contributed by atoms with Gasteiger partial charge in [0.25, 0.3) is 0 Å². The number of benzene rings is 4. The molecular weight excluding hydrogens is 545 g/mol. The van der Waals surface area contributed by atoms with Gasteiger partial charge >= 0.3 is 6.09 Å². The molecular formula is C35H34N2O2S2. The Labute approximate surface area is 251 Å². The minimum Gasteiger partial charge on any atom is -0.445 e. The Hall–Kier alpha value is -3.74. The van der Waals surface area contributed by atoms with Gasteiger partial charge in [0.1, 0.15) is 6.61 Å². The monoisotopic (exact) mass is 578 g/mol. The fourth-order valence-electron chi connectivity index (χ4n) is 5.50. The molecule has 0 radical (unpaired) electrons. The summed E-state index contributed by atoms with van der Waals surface area (Å²) in [6, 6.07) is 40.3. The van der Waals surface area contributed by atoms with E-state index in [1.54, 1.807) is 6.08 Å². The third-order valence-corrected chi connectivity index (χ3v) is 9.39. The van der Waals surface area contributed by atoms with Gasteiger partial charge in [-0.3, -0.25) is 0 Å². The molecule has 4 aromatic carbocycles. The van der Waals surface area contributed by atoms with E-state index in [4.69, 9.17) is 4.74 Å². The van der Waals surface area contributed by atoms with Crippen molar-refractivity contribution in [2.24, 2.45) is 4.40 Å². The van der Waals surface area contributed by atoms with Gasteiger partial charge in [-0.1, -0.05) is 128 Å². The maximum absolute atomic E-state index is 13.3. The fourth-order valence-corrected chi connectivity index (χ4v) is 7.56. The molecule has 0 N–H and O–H groups in total. The van der Waals surface area contributed by atoms with E-state index in [2.05, 4.69) is 126 Å². The molecule has 0 aliphatic carbocycles. The van der Waals surface area contributed by atoms with Crippen molar-refractivity contribution in [1.82, 2.24) is 4.90 Å². The molecule has 1 aliphatic rings. The lowest BCUT2D eigenvalue weighted by molar-refractivity contribution is 0.108. The highest BCUT2D eigenvalue weighted by Gasteiger charge is 2.44. The molecule has 0 aromatic heterocycles. The number of hydrogen-bond donors (Lipinski definition) is 0. The Morgan fingerprint density at radius 2 is 1.44 bits per heavy atom. The summed E-state index contributed by atoms with van der Waals surface area (Å²) in [5.74, 6) is 0. The Balaban J connectivity index is 1.55. The van der Waals surface area contributed by atoms with E-state index in [0.717, 1.165) is 17.5 Å². The SMILES string of the molecule is C=CCOC(=O)N1C[C@@H](SC(c2ccccc2)(c2ccccc2)c2ccccc2)C[C@@H]1c1ccc(C=NSC)cc1. The summed E-state index contributed by atoms with van der Waals surface area (Å²) in [4.78, 5) is 15.2. The van der Waals surface area contributed by atoms with Crippen LogP contribution in [0.5, 0.6) is 0 Å². The second-order valence-electron chi connectivity index (χ2n) is 9.87. The van der Waals surface area contributed by atoms with Gasteiger partial charge in [0.15, 0.2) is 0 Å². The number of ether oxygens (including phenoxy) is 1. The van der Waals surface area contributed by atoms with Crippen molar-refractivity contribution in [2.75, 3.05) is 19.4 Å². The molecule has 1 saturated heterocycles. The Morgan fingerprint density at radius 1 is 0.902 bits per heavy atom. The Bertz CT molecular complexity index is 1350. The van der Waals surface area contributed by atoms with Crippen LogP contribution < -0.4 is 0 Å². The highest BCUT2D eigenvalue weighted by atomic mass is 32.2. The van der Waals surface area contributed by atoms with Crippen molar-refractivity contribution in [1.29, 1.82) is 0 Å². The van der Waals surface area contributed by atoms with E-state index in [1.807, 2.05) is 29.1 Å². The average Bonchev–Trinajstić information content (AvgIpc) is 3.47. The Kier molecular flexibility index (Phi) is 9.65. The third-order valence-electron chi connectivity index (χ3n) is 7.33. The molecule has 1 amide bonds. The predicted molar refractivity (Wildman–Crippen MR) is 174 cm³/mol. The van der Waals surface area contributed by atoms with Crippen LogP contribution in [0.15, 0.2) is 132 Å². The van der Waals surface area contributed by atoms with Crippen LogP contribution in [0, 0.1) is 0 Å². The molecule has 5 rings (SSSR count). The van der Waals surface area contributed by atoms with Crippen LogP contribution >= 0.6 is 23.7 Å². The van der Waals surface area contributed by atoms with Gasteiger partial charge in [0, 0.05) is 24.3 Å². The van der Waals surface area contributed by atoms with Gasteiger partial charge in [0.05, 0.1) is 10.8 Å². The second-order valence-corrected chi connectivity index (χ2v) is 12.0. The first-order valence-corrected chi connectivity index (χ1v) is 15.8. The maximum atomic E-state index is 13.3. The second kappa shape index (κ2) is 13.7. The summed E-state index contributed by atoms with van der Waals surface area (Å²) in [5, 5.41) is 0.148. The van der Waals surface area contributed by atoms with Crippen molar-refractivity contribution in [3.8, 4) is 0 Å². The van der Waals surface area contributed by atoms with Gasteiger partial charge in [-0.25, -0.2) is 9.19 Å². The maximum Gasteiger partial charge on any atom is 0.410 e. The van der Waals surface area contributed by atoms with Gasteiger partial charge in [-0.05, 0) is 46.2 Å². The van der Waals surface area contributed by atoms with E-state index in [9.17, 15) is 4.79 Å². The number of likely N-dealkylation sites (tertiary alicyclic amines) is 1. The lowest BCUT2D eigenvalue weighted by atomic mass is 9.84. The first kappa shape index (κ1) is 28.8. The summed E-state index contributed by atoms with van der Waals surface area (Å²) < 4.78 is 9.39. The van der Waals surface area contributed by atoms with E-state index >= 15 is 0 Å².